The third-order valence-corrected chi connectivity index (χ3v) is 7.66. The lowest BCUT2D eigenvalue weighted by Gasteiger charge is -2.30. The van der Waals surface area contributed by atoms with E-state index in [1.54, 1.807) is 43.6 Å². The number of benzene rings is 1. The van der Waals surface area contributed by atoms with Crippen molar-refractivity contribution in [3.8, 4) is 17.2 Å². The van der Waals surface area contributed by atoms with Crippen LogP contribution in [0.25, 0.3) is 10.9 Å². The fourth-order valence-corrected chi connectivity index (χ4v) is 5.38. The van der Waals surface area contributed by atoms with Gasteiger partial charge < -0.3 is 30.2 Å². The van der Waals surface area contributed by atoms with E-state index in [2.05, 4.69) is 27.1 Å². The Labute approximate surface area is 251 Å². The number of primary amides is 1. The Morgan fingerprint density at radius 3 is 2.53 bits per heavy atom. The minimum atomic E-state index is -0.585. The molecule has 0 saturated carbocycles. The molecule has 4 heterocycles. The van der Waals surface area contributed by atoms with Gasteiger partial charge in [0.25, 0.3) is 5.91 Å². The van der Waals surface area contributed by atoms with Crippen molar-refractivity contribution in [2.75, 3.05) is 44.8 Å². The summed E-state index contributed by atoms with van der Waals surface area (Å²) in [4.78, 5) is 36.4. The fraction of sp³-hybridized carbons (Fsp3) is 0.375. The van der Waals surface area contributed by atoms with Crippen molar-refractivity contribution in [1.82, 2.24) is 19.4 Å². The highest BCUT2D eigenvalue weighted by Gasteiger charge is 2.21. The van der Waals surface area contributed by atoms with Gasteiger partial charge in [-0.25, -0.2) is 9.78 Å². The number of nitrogens with two attached hydrogens (primary N) is 1. The lowest BCUT2D eigenvalue weighted by atomic mass is 9.93. The summed E-state index contributed by atoms with van der Waals surface area (Å²) in [5, 5.41) is 3.60. The van der Waals surface area contributed by atoms with Crippen molar-refractivity contribution < 1.29 is 23.8 Å². The Bertz CT molecular complexity index is 1580. The second-order valence-corrected chi connectivity index (χ2v) is 10.5. The number of aromatic nitrogens is 3. The number of hydrogen-bond acceptors (Lipinski definition) is 8. The topological polar surface area (TPSA) is 134 Å². The first-order valence-electron chi connectivity index (χ1n) is 14.7. The summed E-state index contributed by atoms with van der Waals surface area (Å²) in [7, 11) is 0. The summed E-state index contributed by atoms with van der Waals surface area (Å²) >= 11 is 0. The zero-order valence-corrected chi connectivity index (χ0v) is 24.8. The van der Waals surface area contributed by atoms with Gasteiger partial charge in [-0.1, -0.05) is 6.92 Å². The molecule has 226 valence electrons. The third-order valence-electron chi connectivity index (χ3n) is 7.66. The minimum Gasteiger partial charge on any atom is -0.487 e. The molecule has 3 aromatic heterocycles. The van der Waals surface area contributed by atoms with Crippen molar-refractivity contribution in [3.05, 3.63) is 71.8 Å². The Kier molecular flexibility index (Phi) is 9.53. The number of nitrogens with one attached hydrogen (secondary N) is 1. The standard InChI is InChI=1S/C32H38N6O5/c1-4-37-12-9-22(10-13-37)26-7-6-23(20-35-26)31(39)36-30-18-25(8-11-34-30)43-29-17-24-16-21(3)38(32(33)40)27(24)19-28(29)42-15-14-41-5-2/h6-8,11,16-20,22H,4-5,9-10,12-15H2,1-3H3,(H2,33,40)(H,34,36,39). The van der Waals surface area contributed by atoms with Crippen LogP contribution in [0.15, 0.2) is 54.9 Å². The number of likely N-dealkylation sites (tertiary alicyclic amines) is 1. The molecule has 1 aliphatic heterocycles. The van der Waals surface area contributed by atoms with Crippen molar-refractivity contribution in [1.29, 1.82) is 0 Å². The first kappa shape index (κ1) is 30.0. The molecule has 4 aromatic rings. The average Bonchev–Trinajstić information content (AvgIpc) is 3.34. The fourth-order valence-electron chi connectivity index (χ4n) is 5.38. The number of hydrogen-bond donors (Lipinski definition) is 2. The van der Waals surface area contributed by atoms with E-state index in [1.165, 1.54) is 4.57 Å². The lowest BCUT2D eigenvalue weighted by Crippen LogP contribution is -2.32. The normalized spacial score (nSPS) is 14.1. The molecule has 0 bridgehead atoms. The van der Waals surface area contributed by atoms with E-state index in [4.69, 9.17) is 19.9 Å². The van der Waals surface area contributed by atoms with Crippen LogP contribution in [0.3, 0.4) is 0 Å². The monoisotopic (exact) mass is 586 g/mol. The van der Waals surface area contributed by atoms with Gasteiger partial charge in [-0.3, -0.25) is 14.3 Å². The van der Waals surface area contributed by atoms with Gasteiger partial charge in [0, 0.05) is 53.8 Å². The lowest BCUT2D eigenvalue weighted by molar-refractivity contribution is 0.102. The highest BCUT2D eigenvalue weighted by molar-refractivity contribution is 6.03. The molecule has 0 spiro atoms. The maximum atomic E-state index is 13.0. The van der Waals surface area contributed by atoms with Crippen LogP contribution >= 0.6 is 0 Å². The van der Waals surface area contributed by atoms with Crippen LogP contribution in [0.5, 0.6) is 17.2 Å². The molecule has 1 aromatic carbocycles. The Morgan fingerprint density at radius 1 is 1.02 bits per heavy atom. The number of rotatable bonds is 11. The van der Waals surface area contributed by atoms with Crippen LogP contribution in [0, 0.1) is 6.92 Å². The number of piperidine rings is 1. The largest absolute Gasteiger partial charge is 0.487 e. The van der Waals surface area contributed by atoms with E-state index in [0.717, 1.165) is 43.6 Å². The van der Waals surface area contributed by atoms with E-state index in [0.29, 0.717) is 59.0 Å². The van der Waals surface area contributed by atoms with Crippen molar-refractivity contribution >= 4 is 28.7 Å². The molecule has 5 rings (SSSR count). The maximum absolute atomic E-state index is 13.0. The Morgan fingerprint density at radius 2 is 1.84 bits per heavy atom. The summed E-state index contributed by atoms with van der Waals surface area (Å²) in [6, 6.07) is 11.9. The molecule has 1 aliphatic rings. The summed E-state index contributed by atoms with van der Waals surface area (Å²) in [6.45, 7) is 10.4. The van der Waals surface area contributed by atoms with Crippen LogP contribution in [0.1, 0.15) is 54.4 Å². The molecule has 1 saturated heterocycles. The van der Waals surface area contributed by atoms with E-state index in [9.17, 15) is 9.59 Å². The zero-order chi connectivity index (χ0) is 30.3. The molecular formula is C32H38N6O5. The Hall–Kier alpha value is -4.48. The molecular weight excluding hydrogens is 548 g/mol. The molecule has 0 unspecified atom stereocenters. The van der Waals surface area contributed by atoms with Crippen molar-refractivity contribution in [3.63, 3.8) is 0 Å². The van der Waals surface area contributed by atoms with Gasteiger partial charge in [0.1, 0.15) is 18.2 Å². The highest BCUT2D eigenvalue weighted by Crippen LogP contribution is 2.37. The van der Waals surface area contributed by atoms with Crippen LogP contribution in [0.2, 0.25) is 0 Å². The van der Waals surface area contributed by atoms with Crippen LogP contribution in [-0.2, 0) is 4.74 Å². The molecule has 0 aliphatic carbocycles. The SMILES string of the molecule is CCOCCOc1cc2c(cc1Oc1ccnc(NC(=O)c3ccc(C4CCN(CC)CC4)nc3)c1)cc(C)n2C(N)=O. The number of amides is 2. The number of anilines is 1. The molecule has 0 atom stereocenters. The van der Waals surface area contributed by atoms with Gasteiger partial charge >= 0.3 is 6.03 Å². The smallest absolute Gasteiger partial charge is 0.323 e. The number of carbonyl (C=O) groups excluding carboxylic acids is 2. The summed E-state index contributed by atoms with van der Waals surface area (Å²) in [5.74, 6) is 1.72. The second-order valence-electron chi connectivity index (χ2n) is 10.5. The number of aryl methyl sites for hydroxylation is 1. The van der Waals surface area contributed by atoms with Crippen molar-refractivity contribution in [2.45, 2.75) is 39.5 Å². The van der Waals surface area contributed by atoms with Gasteiger partial charge in [0.2, 0.25) is 0 Å². The van der Waals surface area contributed by atoms with Crippen LogP contribution in [0.4, 0.5) is 10.6 Å². The van der Waals surface area contributed by atoms with Crippen molar-refractivity contribution in [2.24, 2.45) is 5.73 Å². The predicted molar refractivity (Wildman–Crippen MR) is 164 cm³/mol. The Balaban J connectivity index is 1.30. The van der Waals surface area contributed by atoms with Crippen LogP contribution in [-0.4, -0.2) is 70.8 Å². The summed E-state index contributed by atoms with van der Waals surface area (Å²) < 4.78 is 19.0. The summed E-state index contributed by atoms with van der Waals surface area (Å²) in [6.07, 6.45) is 5.33. The minimum absolute atomic E-state index is 0.286. The quantitative estimate of drug-likeness (QED) is 0.226. The van der Waals surface area contributed by atoms with Gasteiger partial charge in [-0.15, -0.1) is 0 Å². The molecule has 1 fully saturated rings. The molecule has 0 radical (unpaired) electrons. The molecule has 11 nitrogen and oxygen atoms in total. The first-order valence-corrected chi connectivity index (χ1v) is 14.7. The van der Waals surface area contributed by atoms with Gasteiger partial charge in [-0.2, -0.15) is 0 Å². The molecule has 2 amide bonds. The second kappa shape index (κ2) is 13.7. The number of pyridine rings is 2. The predicted octanol–water partition coefficient (Wildman–Crippen LogP) is 5.33. The van der Waals surface area contributed by atoms with Gasteiger partial charge in [-0.05, 0) is 76.7 Å². The molecule has 43 heavy (non-hydrogen) atoms. The number of ether oxygens (including phenoxy) is 3. The molecule has 11 heteroatoms. The average molecular weight is 587 g/mol. The highest BCUT2D eigenvalue weighted by atomic mass is 16.5. The number of carbonyl (C=O) groups is 2. The van der Waals surface area contributed by atoms with E-state index in [-0.39, 0.29) is 12.5 Å². The third kappa shape index (κ3) is 7.12. The van der Waals surface area contributed by atoms with Gasteiger partial charge in [0.15, 0.2) is 11.5 Å². The number of nitrogens with zero attached hydrogens (tertiary/aromatic N) is 4. The van der Waals surface area contributed by atoms with Crippen LogP contribution < -0.4 is 20.5 Å². The molecule has 3 N–H and O–H groups in total. The van der Waals surface area contributed by atoms with Gasteiger partial charge in [0.05, 0.1) is 17.7 Å². The van der Waals surface area contributed by atoms with E-state index in [1.807, 2.05) is 25.1 Å². The number of fused-ring (bicyclic) bond motifs is 1. The van der Waals surface area contributed by atoms with E-state index < -0.39 is 6.03 Å². The van der Waals surface area contributed by atoms with E-state index >= 15 is 0 Å². The first-order chi connectivity index (χ1) is 20.9. The zero-order valence-electron chi connectivity index (χ0n) is 24.8. The maximum Gasteiger partial charge on any atom is 0.323 e. The summed E-state index contributed by atoms with van der Waals surface area (Å²) in [5.41, 5.74) is 8.39.